The first-order valence-electron chi connectivity index (χ1n) is 5.32. The Morgan fingerprint density at radius 1 is 1.33 bits per heavy atom. The third-order valence-corrected chi connectivity index (χ3v) is 2.53. The molecule has 2 heteroatoms. The van der Waals surface area contributed by atoms with Gasteiger partial charge in [0.05, 0.1) is 6.10 Å². The number of fused-ring (bicyclic) bond motifs is 1. The first-order valence-corrected chi connectivity index (χ1v) is 5.32. The van der Waals surface area contributed by atoms with Crippen molar-refractivity contribution in [1.29, 1.82) is 0 Å². The van der Waals surface area contributed by atoms with Gasteiger partial charge in [0.2, 0.25) is 0 Å². The number of benzene rings is 1. The molecule has 0 fully saturated rings. The maximum atomic E-state index is 9.19. The number of rotatable bonds is 3. The van der Waals surface area contributed by atoms with E-state index < -0.39 is 0 Å². The van der Waals surface area contributed by atoms with Crippen molar-refractivity contribution in [2.45, 2.75) is 32.8 Å². The van der Waals surface area contributed by atoms with Gasteiger partial charge in [-0.05, 0) is 38.5 Å². The van der Waals surface area contributed by atoms with E-state index in [0.29, 0.717) is 0 Å². The first kappa shape index (κ1) is 10.2. The Hall–Kier alpha value is -1.28. The van der Waals surface area contributed by atoms with Gasteiger partial charge in [0, 0.05) is 11.8 Å². The van der Waals surface area contributed by atoms with Crippen LogP contribution in [-0.2, 0) is 6.42 Å². The molecule has 0 aliphatic carbocycles. The molecule has 2 aromatic rings. The van der Waals surface area contributed by atoms with Gasteiger partial charge >= 0.3 is 0 Å². The zero-order valence-electron chi connectivity index (χ0n) is 9.16. The lowest BCUT2D eigenvalue weighted by Crippen LogP contribution is -2.00. The van der Waals surface area contributed by atoms with Crippen LogP contribution in [-0.4, -0.2) is 11.2 Å². The molecule has 0 aliphatic rings. The third kappa shape index (κ3) is 2.39. The van der Waals surface area contributed by atoms with Gasteiger partial charge in [-0.25, -0.2) is 0 Å². The summed E-state index contributed by atoms with van der Waals surface area (Å²) in [6, 6.07) is 8.22. The van der Waals surface area contributed by atoms with Crippen LogP contribution in [0.25, 0.3) is 11.0 Å². The highest BCUT2D eigenvalue weighted by molar-refractivity contribution is 5.78. The normalized spacial score (nSPS) is 13.3. The van der Waals surface area contributed by atoms with Gasteiger partial charge in [-0.1, -0.05) is 11.6 Å². The first-order chi connectivity index (χ1) is 7.15. The minimum absolute atomic E-state index is 0.264. The Bertz CT molecular complexity index is 455. The van der Waals surface area contributed by atoms with Crippen LogP contribution in [0.3, 0.4) is 0 Å². The third-order valence-electron chi connectivity index (χ3n) is 2.53. The zero-order valence-corrected chi connectivity index (χ0v) is 9.16. The van der Waals surface area contributed by atoms with Gasteiger partial charge < -0.3 is 9.52 Å². The molecule has 1 atom stereocenters. The van der Waals surface area contributed by atoms with Crippen LogP contribution in [0, 0.1) is 6.92 Å². The number of furan rings is 1. The molecule has 0 saturated heterocycles. The van der Waals surface area contributed by atoms with E-state index >= 15 is 0 Å². The molecule has 0 bridgehead atoms. The number of hydrogen-bond acceptors (Lipinski definition) is 2. The second-order valence-corrected chi connectivity index (χ2v) is 4.14. The summed E-state index contributed by atoms with van der Waals surface area (Å²) in [5, 5.41) is 10.3. The molecule has 80 valence electrons. The number of aryl methyl sites for hydroxylation is 2. The summed E-state index contributed by atoms with van der Waals surface area (Å²) in [5.41, 5.74) is 2.17. The molecule has 15 heavy (non-hydrogen) atoms. The molecule has 0 saturated carbocycles. The Morgan fingerprint density at radius 3 is 2.87 bits per heavy atom. The highest BCUT2D eigenvalue weighted by Gasteiger charge is 2.05. The molecule has 1 N–H and O–H groups in total. The molecule has 2 nitrogen and oxygen atoms in total. The van der Waals surface area contributed by atoms with Crippen molar-refractivity contribution in [3.05, 3.63) is 35.6 Å². The fourth-order valence-electron chi connectivity index (χ4n) is 1.69. The standard InChI is InChI=1S/C13H16O2/c1-9-3-6-13-11(7-9)8-12(15-13)5-4-10(2)14/h3,6-8,10,14H,4-5H2,1-2H3. The molecule has 1 aromatic carbocycles. The average Bonchev–Trinajstić information content (AvgIpc) is 2.56. The number of aliphatic hydroxyl groups excluding tert-OH is 1. The van der Waals surface area contributed by atoms with E-state index in [1.54, 1.807) is 6.92 Å². The summed E-state index contributed by atoms with van der Waals surface area (Å²) in [6.07, 6.45) is 1.28. The summed E-state index contributed by atoms with van der Waals surface area (Å²) in [5.74, 6) is 0.955. The Kier molecular flexibility index (Phi) is 2.78. The maximum Gasteiger partial charge on any atom is 0.134 e. The highest BCUT2D eigenvalue weighted by atomic mass is 16.3. The molecule has 0 aliphatic heterocycles. The van der Waals surface area contributed by atoms with Crippen molar-refractivity contribution in [2.24, 2.45) is 0 Å². The molecule has 0 amide bonds. The molecular weight excluding hydrogens is 188 g/mol. The molecule has 1 unspecified atom stereocenters. The Balaban J connectivity index is 2.23. The molecular formula is C13H16O2. The molecule has 1 heterocycles. The predicted molar refractivity (Wildman–Crippen MR) is 61.0 cm³/mol. The fraction of sp³-hybridized carbons (Fsp3) is 0.385. The van der Waals surface area contributed by atoms with Crippen LogP contribution in [0.4, 0.5) is 0 Å². The second-order valence-electron chi connectivity index (χ2n) is 4.14. The summed E-state index contributed by atoms with van der Waals surface area (Å²) in [7, 11) is 0. The SMILES string of the molecule is Cc1ccc2oc(CCC(C)O)cc2c1. The van der Waals surface area contributed by atoms with Crippen LogP contribution in [0.5, 0.6) is 0 Å². The second kappa shape index (κ2) is 4.07. The van der Waals surface area contributed by atoms with E-state index in [2.05, 4.69) is 19.1 Å². The number of aliphatic hydroxyl groups is 1. The van der Waals surface area contributed by atoms with Gasteiger partial charge in [-0.15, -0.1) is 0 Å². The van der Waals surface area contributed by atoms with Crippen molar-refractivity contribution >= 4 is 11.0 Å². The van der Waals surface area contributed by atoms with Crippen LogP contribution in [0.2, 0.25) is 0 Å². The molecule has 0 spiro atoms. The quantitative estimate of drug-likeness (QED) is 0.833. The van der Waals surface area contributed by atoms with Gasteiger partial charge in [0.15, 0.2) is 0 Å². The van der Waals surface area contributed by atoms with E-state index in [0.717, 1.165) is 29.6 Å². The topological polar surface area (TPSA) is 33.4 Å². The number of hydrogen-bond donors (Lipinski definition) is 1. The Labute approximate surface area is 89.5 Å². The molecule has 1 aromatic heterocycles. The van der Waals surface area contributed by atoms with Crippen LogP contribution in [0.15, 0.2) is 28.7 Å². The molecule has 0 radical (unpaired) electrons. The van der Waals surface area contributed by atoms with E-state index in [4.69, 9.17) is 4.42 Å². The minimum Gasteiger partial charge on any atom is -0.461 e. The van der Waals surface area contributed by atoms with Crippen molar-refractivity contribution in [2.75, 3.05) is 0 Å². The summed E-state index contributed by atoms with van der Waals surface area (Å²) >= 11 is 0. The van der Waals surface area contributed by atoms with Crippen molar-refractivity contribution < 1.29 is 9.52 Å². The minimum atomic E-state index is -0.264. The summed E-state index contributed by atoms with van der Waals surface area (Å²) in [4.78, 5) is 0. The molecule has 2 rings (SSSR count). The highest BCUT2D eigenvalue weighted by Crippen LogP contribution is 2.21. The average molecular weight is 204 g/mol. The van der Waals surface area contributed by atoms with Crippen molar-refractivity contribution in [3.8, 4) is 0 Å². The zero-order chi connectivity index (χ0) is 10.8. The van der Waals surface area contributed by atoms with Crippen molar-refractivity contribution in [3.63, 3.8) is 0 Å². The van der Waals surface area contributed by atoms with E-state index in [9.17, 15) is 5.11 Å². The monoisotopic (exact) mass is 204 g/mol. The van der Waals surface area contributed by atoms with Gasteiger partial charge in [-0.3, -0.25) is 0 Å². The van der Waals surface area contributed by atoms with E-state index in [1.807, 2.05) is 12.1 Å². The summed E-state index contributed by atoms with van der Waals surface area (Å²) < 4.78 is 5.66. The van der Waals surface area contributed by atoms with Crippen molar-refractivity contribution in [1.82, 2.24) is 0 Å². The van der Waals surface area contributed by atoms with E-state index in [-0.39, 0.29) is 6.10 Å². The van der Waals surface area contributed by atoms with Crippen LogP contribution < -0.4 is 0 Å². The van der Waals surface area contributed by atoms with Crippen LogP contribution in [0.1, 0.15) is 24.7 Å². The fourth-order valence-corrected chi connectivity index (χ4v) is 1.69. The lowest BCUT2D eigenvalue weighted by molar-refractivity contribution is 0.182. The predicted octanol–water partition coefficient (Wildman–Crippen LogP) is 3.05. The Morgan fingerprint density at radius 2 is 2.13 bits per heavy atom. The lowest BCUT2D eigenvalue weighted by Gasteiger charge is -1.99. The van der Waals surface area contributed by atoms with E-state index in [1.165, 1.54) is 5.56 Å². The smallest absolute Gasteiger partial charge is 0.134 e. The van der Waals surface area contributed by atoms with Gasteiger partial charge in [0.1, 0.15) is 11.3 Å². The largest absolute Gasteiger partial charge is 0.461 e. The summed E-state index contributed by atoms with van der Waals surface area (Å²) in [6.45, 7) is 3.87. The van der Waals surface area contributed by atoms with Gasteiger partial charge in [-0.2, -0.15) is 0 Å². The lowest BCUT2D eigenvalue weighted by atomic mass is 10.1. The van der Waals surface area contributed by atoms with Gasteiger partial charge in [0.25, 0.3) is 0 Å². The van der Waals surface area contributed by atoms with Crippen LogP contribution >= 0.6 is 0 Å². The maximum absolute atomic E-state index is 9.19.